The molecule has 0 spiro atoms. The van der Waals surface area contributed by atoms with Gasteiger partial charge in [-0.3, -0.25) is 0 Å². The van der Waals surface area contributed by atoms with E-state index in [0.29, 0.717) is 6.04 Å². The summed E-state index contributed by atoms with van der Waals surface area (Å²) in [6.45, 7) is 2.74. The van der Waals surface area contributed by atoms with Crippen molar-refractivity contribution < 1.29 is 4.74 Å². The predicted octanol–water partition coefficient (Wildman–Crippen LogP) is 2.29. The summed E-state index contributed by atoms with van der Waals surface area (Å²) >= 11 is 1.80. The topological polar surface area (TPSA) is 34.1 Å². The molecule has 16 heavy (non-hydrogen) atoms. The minimum atomic E-state index is 0.627. The van der Waals surface area contributed by atoms with Crippen LogP contribution in [0.3, 0.4) is 0 Å². The lowest BCUT2D eigenvalue weighted by Gasteiger charge is -2.22. The summed E-state index contributed by atoms with van der Waals surface area (Å²) in [6.07, 6.45) is 4.97. The van der Waals surface area contributed by atoms with Crippen LogP contribution < -0.4 is 5.32 Å². The quantitative estimate of drug-likeness (QED) is 0.874. The average molecular weight is 238 g/mol. The van der Waals surface area contributed by atoms with Crippen molar-refractivity contribution in [1.29, 1.82) is 0 Å². The van der Waals surface area contributed by atoms with Gasteiger partial charge in [0.05, 0.1) is 5.69 Å². The number of thiazole rings is 1. The Labute approximate surface area is 100 Å². The van der Waals surface area contributed by atoms with Crippen LogP contribution in [-0.4, -0.2) is 24.2 Å². The molecule has 1 saturated carbocycles. The average Bonchev–Trinajstić information content (AvgIpc) is 3.08. The molecule has 2 aliphatic rings. The SMILES string of the molecule is c1sc(CNC2CCOCC2)nc1C1CC1. The third kappa shape index (κ3) is 2.62. The number of nitrogens with zero attached hydrogens (tertiary/aromatic N) is 1. The minimum absolute atomic E-state index is 0.627. The van der Waals surface area contributed by atoms with Gasteiger partial charge in [-0.15, -0.1) is 11.3 Å². The molecule has 3 rings (SSSR count). The molecule has 3 nitrogen and oxygen atoms in total. The summed E-state index contributed by atoms with van der Waals surface area (Å²) in [5.41, 5.74) is 1.33. The van der Waals surface area contributed by atoms with Gasteiger partial charge < -0.3 is 10.1 Å². The van der Waals surface area contributed by atoms with Crippen molar-refractivity contribution in [3.8, 4) is 0 Å². The summed E-state index contributed by atoms with van der Waals surface area (Å²) in [6, 6.07) is 0.627. The maximum atomic E-state index is 5.34. The van der Waals surface area contributed by atoms with Crippen LogP contribution in [0.1, 0.15) is 42.3 Å². The Morgan fingerprint density at radius 3 is 2.88 bits per heavy atom. The molecule has 2 heterocycles. The van der Waals surface area contributed by atoms with Crippen molar-refractivity contribution in [2.45, 2.75) is 44.2 Å². The van der Waals surface area contributed by atoms with Crippen LogP contribution in [0.5, 0.6) is 0 Å². The molecule has 1 N–H and O–H groups in total. The number of rotatable bonds is 4. The lowest BCUT2D eigenvalue weighted by molar-refractivity contribution is 0.0776. The molecule has 1 saturated heterocycles. The highest BCUT2D eigenvalue weighted by Crippen LogP contribution is 2.40. The highest BCUT2D eigenvalue weighted by Gasteiger charge is 2.26. The van der Waals surface area contributed by atoms with E-state index in [2.05, 4.69) is 15.7 Å². The molecule has 0 atom stereocenters. The van der Waals surface area contributed by atoms with Crippen LogP contribution in [0.15, 0.2) is 5.38 Å². The summed E-state index contributed by atoms with van der Waals surface area (Å²) in [5.74, 6) is 0.785. The summed E-state index contributed by atoms with van der Waals surface area (Å²) < 4.78 is 5.34. The van der Waals surface area contributed by atoms with Gasteiger partial charge in [-0.05, 0) is 25.7 Å². The second kappa shape index (κ2) is 4.82. The zero-order valence-corrected chi connectivity index (χ0v) is 10.3. The number of hydrogen-bond acceptors (Lipinski definition) is 4. The molecule has 1 aromatic heterocycles. The fourth-order valence-corrected chi connectivity index (χ4v) is 2.93. The number of nitrogens with one attached hydrogen (secondary N) is 1. The molecule has 0 bridgehead atoms. The number of aromatic nitrogens is 1. The molecule has 0 aromatic carbocycles. The third-order valence-corrected chi connectivity index (χ3v) is 4.20. The van der Waals surface area contributed by atoms with Crippen LogP contribution >= 0.6 is 11.3 Å². The van der Waals surface area contributed by atoms with E-state index in [9.17, 15) is 0 Å². The summed E-state index contributed by atoms with van der Waals surface area (Å²) in [5, 5.41) is 7.06. The van der Waals surface area contributed by atoms with Crippen LogP contribution in [0.4, 0.5) is 0 Å². The first kappa shape index (κ1) is 10.7. The van der Waals surface area contributed by atoms with Crippen molar-refractivity contribution in [2.24, 2.45) is 0 Å². The highest BCUT2D eigenvalue weighted by molar-refractivity contribution is 7.09. The van der Waals surface area contributed by atoms with Crippen LogP contribution in [-0.2, 0) is 11.3 Å². The van der Waals surface area contributed by atoms with Crippen LogP contribution in [0.25, 0.3) is 0 Å². The largest absolute Gasteiger partial charge is 0.381 e. The lowest BCUT2D eigenvalue weighted by Crippen LogP contribution is -2.34. The Hall–Kier alpha value is -0.450. The van der Waals surface area contributed by atoms with E-state index in [1.165, 1.54) is 23.5 Å². The van der Waals surface area contributed by atoms with Crippen molar-refractivity contribution >= 4 is 11.3 Å². The molecule has 1 aromatic rings. The maximum Gasteiger partial charge on any atom is 0.107 e. The van der Waals surface area contributed by atoms with E-state index in [1.54, 1.807) is 11.3 Å². The third-order valence-electron chi connectivity index (χ3n) is 3.33. The van der Waals surface area contributed by atoms with Gasteiger partial charge in [0, 0.05) is 37.1 Å². The summed E-state index contributed by atoms with van der Waals surface area (Å²) in [4.78, 5) is 4.68. The Kier molecular flexibility index (Phi) is 3.22. The molecular formula is C12H18N2OS. The zero-order chi connectivity index (χ0) is 10.8. The Morgan fingerprint density at radius 2 is 2.12 bits per heavy atom. The Morgan fingerprint density at radius 1 is 1.31 bits per heavy atom. The second-order valence-corrected chi connectivity index (χ2v) is 5.65. The van der Waals surface area contributed by atoms with E-state index in [0.717, 1.165) is 38.5 Å². The molecule has 0 radical (unpaired) electrons. The number of ether oxygens (including phenoxy) is 1. The first-order chi connectivity index (χ1) is 7.92. The van der Waals surface area contributed by atoms with Crippen molar-refractivity contribution in [3.05, 3.63) is 16.1 Å². The number of hydrogen-bond donors (Lipinski definition) is 1. The molecule has 2 fully saturated rings. The van der Waals surface area contributed by atoms with Gasteiger partial charge in [0.15, 0.2) is 0 Å². The standard InChI is InChI=1S/C12H18N2OS/c1-2-9(1)11-8-16-12(14-11)7-13-10-3-5-15-6-4-10/h8-10,13H,1-7H2. The Bertz CT molecular complexity index is 343. The van der Waals surface area contributed by atoms with E-state index in [-0.39, 0.29) is 0 Å². The maximum absolute atomic E-state index is 5.34. The van der Waals surface area contributed by atoms with Gasteiger partial charge >= 0.3 is 0 Å². The molecule has 88 valence electrons. The van der Waals surface area contributed by atoms with Crippen molar-refractivity contribution in [3.63, 3.8) is 0 Å². The van der Waals surface area contributed by atoms with E-state index in [1.807, 2.05) is 0 Å². The van der Waals surface area contributed by atoms with Gasteiger partial charge in [0.2, 0.25) is 0 Å². The first-order valence-corrected chi connectivity index (χ1v) is 7.05. The van der Waals surface area contributed by atoms with E-state index < -0.39 is 0 Å². The molecule has 1 aliphatic heterocycles. The normalized spacial score (nSPS) is 22.5. The Balaban J connectivity index is 1.49. The van der Waals surface area contributed by atoms with Crippen molar-refractivity contribution in [1.82, 2.24) is 10.3 Å². The van der Waals surface area contributed by atoms with Gasteiger partial charge in [0.1, 0.15) is 5.01 Å². The van der Waals surface area contributed by atoms with Crippen molar-refractivity contribution in [2.75, 3.05) is 13.2 Å². The van der Waals surface area contributed by atoms with Gasteiger partial charge in [-0.1, -0.05) is 0 Å². The second-order valence-electron chi connectivity index (χ2n) is 4.71. The van der Waals surface area contributed by atoms with Gasteiger partial charge in [-0.25, -0.2) is 4.98 Å². The highest BCUT2D eigenvalue weighted by atomic mass is 32.1. The molecule has 1 aliphatic carbocycles. The van der Waals surface area contributed by atoms with Gasteiger partial charge in [0.25, 0.3) is 0 Å². The smallest absolute Gasteiger partial charge is 0.107 e. The van der Waals surface area contributed by atoms with Crippen LogP contribution in [0, 0.1) is 0 Å². The van der Waals surface area contributed by atoms with E-state index in [4.69, 9.17) is 4.74 Å². The fourth-order valence-electron chi connectivity index (χ4n) is 2.11. The summed E-state index contributed by atoms with van der Waals surface area (Å²) in [7, 11) is 0. The monoisotopic (exact) mass is 238 g/mol. The first-order valence-electron chi connectivity index (χ1n) is 6.17. The van der Waals surface area contributed by atoms with E-state index >= 15 is 0 Å². The zero-order valence-electron chi connectivity index (χ0n) is 9.45. The minimum Gasteiger partial charge on any atom is -0.381 e. The molecule has 0 amide bonds. The van der Waals surface area contributed by atoms with Crippen LogP contribution in [0.2, 0.25) is 0 Å². The predicted molar refractivity (Wildman–Crippen MR) is 64.8 cm³/mol. The van der Waals surface area contributed by atoms with Gasteiger partial charge in [-0.2, -0.15) is 0 Å². The molecular weight excluding hydrogens is 220 g/mol. The fraction of sp³-hybridized carbons (Fsp3) is 0.750. The lowest BCUT2D eigenvalue weighted by atomic mass is 10.1. The molecule has 4 heteroatoms. The molecule has 0 unspecified atom stereocenters.